The van der Waals surface area contributed by atoms with Gasteiger partial charge in [0.25, 0.3) is 0 Å². The third-order valence-corrected chi connectivity index (χ3v) is 4.50. The predicted molar refractivity (Wildman–Crippen MR) is 99.2 cm³/mol. The van der Waals surface area contributed by atoms with Gasteiger partial charge >= 0.3 is 0 Å². The molecule has 0 bridgehead atoms. The van der Waals surface area contributed by atoms with Crippen molar-refractivity contribution in [1.29, 1.82) is 0 Å². The molecule has 0 saturated heterocycles. The van der Waals surface area contributed by atoms with Gasteiger partial charge in [-0.15, -0.1) is 0 Å². The predicted octanol–water partition coefficient (Wildman–Crippen LogP) is 4.00. The van der Waals surface area contributed by atoms with Crippen LogP contribution in [0.3, 0.4) is 0 Å². The highest BCUT2D eigenvalue weighted by atomic mass is 35.5. The largest absolute Gasteiger partial charge is 0.389 e. The molecule has 4 nitrogen and oxygen atoms in total. The number of Topliss-reactive ketones (excluding diaryl/α,β-unsaturated/α-hetero) is 1. The summed E-state index contributed by atoms with van der Waals surface area (Å²) in [5.74, 6) is -0.302. The summed E-state index contributed by atoms with van der Waals surface area (Å²) in [5.41, 5.74) is 7.14. The van der Waals surface area contributed by atoms with Crippen molar-refractivity contribution in [2.75, 3.05) is 11.9 Å². The molecule has 7 heteroatoms. The second-order valence-corrected chi connectivity index (χ2v) is 6.68. The zero-order valence-corrected chi connectivity index (χ0v) is 15.2. The molecule has 0 aliphatic rings. The molecule has 2 aromatic rings. The summed E-state index contributed by atoms with van der Waals surface area (Å²) in [6.45, 7) is 0. The molecule has 0 radical (unpaired) electrons. The van der Waals surface area contributed by atoms with Crippen LogP contribution in [0.4, 0.5) is 5.69 Å². The first-order chi connectivity index (χ1) is 11.3. The van der Waals surface area contributed by atoms with Crippen LogP contribution in [0.25, 0.3) is 0 Å². The Morgan fingerprint density at radius 2 is 1.71 bits per heavy atom. The van der Waals surface area contributed by atoms with Crippen LogP contribution < -0.4 is 10.6 Å². The number of hydrogen-bond acceptors (Lipinski definition) is 4. The molecule has 0 aliphatic heterocycles. The quantitative estimate of drug-likeness (QED) is 0.581. The molecule has 128 valence electrons. The van der Waals surface area contributed by atoms with Crippen molar-refractivity contribution in [3.63, 3.8) is 0 Å². The average molecular weight is 388 g/mol. The Balaban J connectivity index is 2.06. The zero-order valence-electron chi connectivity index (χ0n) is 12.9. The van der Waals surface area contributed by atoms with Gasteiger partial charge in [0.1, 0.15) is 6.17 Å². The molecule has 2 aromatic carbocycles. The lowest BCUT2D eigenvalue weighted by Gasteiger charge is -2.30. The van der Waals surface area contributed by atoms with E-state index in [0.717, 1.165) is 5.69 Å². The van der Waals surface area contributed by atoms with Crippen molar-refractivity contribution in [1.82, 2.24) is 0 Å². The molecule has 0 aromatic heterocycles. The Morgan fingerprint density at radius 1 is 1.12 bits per heavy atom. The Hall–Kier alpha value is -1.30. The lowest BCUT2D eigenvalue weighted by molar-refractivity contribution is 0.0836. The first-order valence-electron chi connectivity index (χ1n) is 7.20. The van der Waals surface area contributed by atoms with Crippen LogP contribution in [0.15, 0.2) is 42.5 Å². The highest BCUT2D eigenvalue weighted by Gasteiger charge is 2.24. The second kappa shape index (κ2) is 8.19. The lowest BCUT2D eigenvalue weighted by atomic mass is 10.0. The number of carbonyl (C=O) groups is 1. The number of aliphatic hydroxyl groups excluding tert-OH is 1. The third kappa shape index (κ3) is 4.62. The zero-order chi connectivity index (χ0) is 17.9. The fraction of sp³-hybridized carbons (Fsp3) is 0.235. The van der Waals surface area contributed by atoms with Crippen molar-refractivity contribution >= 4 is 46.3 Å². The number of likely N-dealkylation sites (N-methyl/N-ethyl adjacent to an activating group) is 1. The van der Waals surface area contributed by atoms with Gasteiger partial charge in [-0.1, -0.05) is 34.8 Å². The SMILES string of the molecule is CN(c1ccc(Cl)cc1)C(N)C(O)CC(=O)c1ccc(Cl)cc1Cl. The van der Waals surface area contributed by atoms with Crippen LogP contribution in [0, 0.1) is 0 Å². The van der Waals surface area contributed by atoms with Crippen molar-refractivity contribution in [3.05, 3.63) is 63.1 Å². The van der Waals surface area contributed by atoms with Gasteiger partial charge in [0, 0.05) is 34.8 Å². The number of benzene rings is 2. The van der Waals surface area contributed by atoms with Crippen molar-refractivity contribution in [2.24, 2.45) is 5.73 Å². The van der Waals surface area contributed by atoms with E-state index in [-0.39, 0.29) is 17.2 Å². The smallest absolute Gasteiger partial charge is 0.167 e. The standard InChI is InChI=1S/C17H17Cl3N2O2/c1-22(12-5-2-10(18)3-6-12)17(21)16(24)9-15(23)13-7-4-11(19)8-14(13)20/h2-8,16-17,24H,9,21H2,1H3. The Kier molecular flexibility index (Phi) is 6.49. The van der Waals surface area contributed by atoms with E-state index < -0.39 is 12.3 Å². The Bertz CT molecular complexity index is 722. The van der Waals surface area contributed by atoms with Crippen molar-refractivity contribution < 1.29 is 9.90 Å². The molecule has 3 N–H and O–H groups in total. The van der Waals surface area contributed by atoms with Gasteiger partial charge in [-0.05, 0) is 42.5 Å². The number of nitrogens with two attached hydrogens (primary N) is 1. The minimum absolute atomic E-state index is 0.152. The average Bonchev–Trinajstić information content (AvgIpc) is 2.53. The number of hydrogen-bond donors (Lipinski definition) is 2. The van der Waals surface area contributed by atoms with Crippen molar-refractivity contribution in [3.8, 4) is 0 Å². The van der Waals surface area contributed by atoms with Crippen molar-refractivity contribution in [2.45, 2.75) is 18.7 Å². The van der Waals surface area contributed by atoms with Gasteiger partial charge in [-0.2, -0.15) is 0 Å². The molecule has 0 fully saturated rings. The molecule has 2 unspecified atom stereocenters. The fourth-order valence-corrected chi connectivity index (χ4v) is 2.88. The summed E-state index contributed by atoms with van der Waals surface area (Å²) in [5, 5.41) is 11.6. The molecule has 0 heterocycles. The highest BCUT2D eigenvalue weighted by molar-refractivity contribution is 6.36. The molecule has 0 amide bonds. The van der Waals surface area contributed by atoms with Gasteiger partial charge in [0.2, 0.25) is 0 Å². The van der Waals surface area contributed by atoms with Gasteiger partial charge in [-0.25, -0.2) is 0 Å². The normalized spacial score (nSPS) is 13.4. The molecule has 0 saturated carbocycles. The van der Waals surface area contributed by atoms with Gasteiger partial charge in [0.05, 0.1) is 11.1 Å². The number of nitrogens with zero attached hydrogens (tertiary/aromatic N) is 1. The number of rotatable bonds is 6. The fourth-order valence-electron chi connectivity index (χ4n) is 2.24. The van der Waals surface area contributed by atoms with Crippen LogP contribution in [-0.2, 0) is 0 Å². The summed E-state index contributed by atoms with van der Waals surface area (Å²) < 4.78 is 0. The maximum Gasteiger partial charge on any atom is 0.167 e. The third-order valence-electron chi connectivity index (χ3n) is 3.70. The summed E-state index contributed by atoms with van der Waals surface area (Å²) in [4.78, 5) is 14.0. The number of carbonyl (C=O) groups excluding carboxylic acids is 1. The maximum atomic E-state index is 12.3. The molecule has 24 heavy (non-hydrogen) atoms. The first-order valence-corrected chi connectivity index (χ1v) is 8.33. The van der Waals surface area contributed by atoms with E-state index in [9.17, 15) is 9.90 Å². The van der Waals surface area contributed by atoms with Gasteiger partial charge in [0.15, 0.2) is 5.78 Å². The summed E-state index contributed by atoms with van der Waals surface area (Å²) >= 11 is 17.7. The van der Waals surface area contributed by atoms with E-state index in [2.05, 4.69) is 0 Å². The molecule has 0 spiro atoms. The molecule has 2 atom stereocenters. The minimum atomic E-state index is -1.06. The van der Waals surface area contributed by atoms with E-state index in [1.54, 1.807) is 42.3 Å². The van der Waals surface area contributed by atoms with Gasteiger partial charge in [-0.3, -0.25) is 4.79 Å². The van der Waals surface area contributed by atoms with E-state index in [0.29, 0.717) is 15.6 Å². The van der Waals surface area contributed by atoms with Crippen LogP contribution >= 0.6 is 34.8 Å². The topological polar surface area (TPSA) is 66.6 Å². The lowest BCUT2D eigenvalue weighted by Crippen LogP contribution is -2.49. The number of ketones is 1. The molecular formula is C17H17Cl3N2O2. The van der Waals surface area contributed by atoms with Crippen LogP contribution in [-0.4, -0.2) is 30.2 Å². The first kappa shape index (κ1) is 19.0. The Labute approximate surface area is 155 Å². The summed E-state index contributed by atoms with van der Waals surface area (Å²) in [6, 6.07) is 11.6. The van der Waals surface area contributed by atoms with E-state index in [1.165, 1.54) is 12.1 Å². The van der Waals surface area contributed by atoms with E-state index in [4.69, 9.17) is 40.5 Å². The minimum Gasteiger partial charge on any atom is -0.389 e. The number of aliphatic hydroxyl groups is 1. The van der Waals surface area contributed by atoms with E-state index in [1.807, 2.05) is 0 Å². The van der Waals surface area contributed by atoms with Crippen LogP contribution in [0.1, 0.15) is 16.8 Å². The summed E-state index contributed by atoms with van der Waals surface area (Å²) in [6.07, 6.45) is -1.98. The monoisotopic (exact) mass is 386 g/mol. The molecule has 2 rings (SSSR count). The van der Waals surface area contributed by atoms with E-state index >= 15 is 0 Å². The van der Waals surface area contributed by atoms with Crippen LogP contribution in [0.2, 0.25) is 15.1 Å². The number of anilines is 1. The molecular weight excluding hydrogens is 371 g/mol. The molecule has 0 aliphatic carbocycles. The maximum absolute atomic E-state index is 12.3. The van der Waals surface area contributed by atoms with Gasteiger partial charge < -0.3 is 15.7 Å². The Morgan fingerprint density at radius 3 is 2.29 bits per heavy atom. The number of halogens is 3. The second-order valence-electron chi connectivity index (χ2n) is 5.40. The summed E-state index contributed by atoms with van der Waals surface area (Å²) in [7, 11) is 1.73. The van der Waals surface area contributed by atoms with Crippen LogP contribution in [0.5, 0.6) is 0 Å². The highest BCUT2D eigenvalue weighted by Crippen LogP contribution is 2.24.